The maximum absolute atomic E-state index is 3.56. The number of anilines is 1. The van der Waals surface area contributed by atoms with Crippen LogP contribution in [0.1, 0.15) is 43.7 Å². The van der Waals surface area contributed by atoms with Gasteiger partial charge in [-0.05, 0) is 30.9 Å². The molecule has 86 valence electrons. The van der Waals surface area contributed by atoms with Crippen LogP contribution in [0.25, 0.3) is 6.08 Å². The predicted molar refractivity (Wildman–Crippen MR) is 71.8 cm³/mol. The van der Waals surface area contributed by atoms with Crippen LogP contribution in [0.15, 0.2) is 24.3 Å². The lowest BCUT2D eigenvalue weighted by Gasteiger charge is -2.16. The molecule has 1 aromatic carbocycles. The van der Waals surface area contributed by atoms with Gasteiger partial charge in [0.05, 0.1) is 0 Å². The molecule has 2 rings (SSSR count). The van der Waals surface area contributed by atoms with Crippen molar-refractivity contribution in [2.45, 2.75) is 39.0 Å². The molecule has 0 aromatic heterocycles. The van der Waals surface area contributed by atoms with E-state index in [1.807, 2.05) is 0 Å². The summed E-state index contributed by atoms with van der Waals surface area (Å²) in [7, 11) is 0. The fraction of sp³-hybridized carbons (Fsp3) is 0.467. The van der Waals surface area contributed by atoms with Crippen LogP contribution in [0.2, 0.25) is 0 Å². The first-order valence-corrected chi connectivity index (χ1v) is 6.44. The molecule has 1 N–H and O–H groups in total. The van der Waals surface area contributed by atoms with E-state index in [1.54, 1.807) is 0 Å². The minimum atomic E-state index is 1.10. The van der Waals surface area contributed by atoms with Crippen molar-refractivity contribution < 1.29 is 0 Å². The number of allylic oxidation sites excluding steroid dienone is 1. The molecule has 0 saturated heterocycles. The number of fused-ring (bicyclic) bond motifs is 1. The average Bonchev–Trinajstić information content (AvgIpc) is 2.35. The van der Waals surface area contributed by atoms with Crippen LogP contribution in [-0.2, 0) is 6.42 Å². The van der Waals surface area contributed by atoms with Crippen LogP contribution in [0.5, 0.6) is 0 Å². The summed E-state index contributed by atoms with van der Waals surface area (Å²) >= 11 is 0. The third-order valence-corrected chi connectivity index (χ3v) is 3.16. The van der Waals surface area contributed by atoms with Gasteiger partial charge >= 0.3 is 0 Å². The van der Waals surface area contributed by atoms with E-state index in [0.717, 1.165) is 6.54 Å². The summed E-state index contributed by atoms with van der Waals surface area (Å²) in [4.78, 5) is 0. The van der Waals surface area contributed by atoms with Crippen molar-refractivity contribution in [3.05, 3.63) is 35.4 Å². The van der Waals surface area contributed by atoms with Gasteiger partial charge in [-0.15, -0.1) is 0 Å². The first-order valence-electron chi connectivity index (χ1n) is 6.44. The van der Waals surface area contributed by atoms with Crippen molar-refractivity contribution in [3.8, 4) is 0 Å². The minimum absolute atomic E-state index is 1.10. The molecular weight excluding hydrogens is 194 g/mol. The molecule has 0 bridgehead atoms. The summed E-state index contributed by atoms with van der Waals surface area (Å²) in [5, 5.41) is 3.56. The van der Waals surface area contributed by atoms with Crippen molar-refractivity contribution in [1.29, 1.82) is 0 Å². The molecule has 1 heteroatoms. The second-order valence-corrected chi connectivity index (χ2v) is 4.45. The number of unbranched alkanes of at least 4 members (excludes halogenated alkanes) is 2. The zero-order valence-corrected chi connectivity index (χ0v) is 10.1. The Bertz CT molecular complexity index is 366. The highest BCUT2D eigenvalue weighted by atomic mass is 14.9. The molecular formula is C15H21N. The molecule has 0 radical (unpaired) electrons. The van der Waals surface area contributed by atoms with E-state index in [-0.39, 0.29) is 0 Å². The standard InChI is InChI=1S/C15H21N/c1-2-3-6-12-16-15-11-7-9-13-8-4-5-10-14(13)15/h5,7,9-11,16H,2-4,6,8,12H2,1H3. The summed E-state index contributed by atoms with van der Waals surface area (Å²) < 4.78 is 0. The number of hydrogen-bond donors (Lipinski definition) is 1. The predicted octanol–water partition coefficient (Wildman–Crippen LogP) is 4.25. The monoisotopic (exact) mass is 215 g/mol. The van der Waals surface area contributed by atoms with Gasteiger partial charge < -0.3 is 5.32 Å². The number of benzene rings is 1. The minimum Gasteiger partial charge on any atom is -0.385 e. The highest BCUT2D eigenvalue weighted by Crippen LogP contribution is 2.26. The Morgan fingerprint density at radius 2 is 2.19 bits per heavy atom. The molecule has 0 spiro atoms. The Morgan fingerprint density at radius 3 is 3.06 bits per heavy atom. The van der Waals surface area contributed by atoms with E-state index in [9.17, 15) is 0 Å². The maximum atomic E-state index is 3.56. The zero-order chi connectivity index (χ0) is 11.2. The Hall–Kier alpha value is -1.24. The van der Waals surface area contributed by atoms with Crippen molar-refractivity contribution in [1.82, 2.24) is 0 Å². The lowest BCUT2D eigenvalue weighted by Crippen LogP contribution is -2.05. The fourth-order valence-corrected chi connectivity index (χ4v) is 2.22. The third-order valence-electron chi connectivity index (χ3n) is 3.16. The highest BCUT2D eigenvalue weighted by Gasteiger charge is 2.07. The highest BCUT2D eigenvalue weighted by molar-refractivity contribution is 5.70. The molecule has 1 aliphatic rings. The SMILES string of the molecule is CCCCCNc1cccc2c1C=CCC2. The Balaban J connectivity index is 2.02. The maximum Gasteiger partial charge on any atom is 0.0416 e. The number of hydrogen-bond acceptors (Lipinski definition) is 1. The van der Waals surface area contributed by atoms with E-state index < -0.39 is 0 Å². The normalized spacial score (nSPS) is 13.6. The zero-order valence-electron chi connectivity index (χ0n) is 10.1. The van der Waals surface area contributed by atoms with Gasteiger partial charge in [0.1, 0.15) is 0 Å². The molecule has 1 aliphatic carbocycles. The molecule has 0 unspecified atom stereocenters. The van der Waals surface area contributed by atoms with Gasteiger partial charge in [-0.1, -0.05) is 44.1 Å². The molecule has 0 fully saturated rings. The van der Waals surface area contributed by atoms with Crippen LogP contribution in [0, 0.1) is 0 Å². The quantitative estimate of drug-likeness (QED) is 0.724. The van der Waals surface area contributed by atoms with Crippen LogP contribution < -0.4 is 5.32 Å². The molecule has 0 atom stereocenters. The molecule has 16 heavy (non-hydrogen) atoms. The van der Waals surface area contributed by atoms with Crippen molar-refractivity contribution in [3.63, 3.8) is 0 Å². The summed E-state index contributed by atoms with van der Waals surface area (Å²) in [6, 6.07) is 6.61. The summed E-state index contributed by atoms with van der Waals surface area (Å²) in [6.07, 6.45) is 10.8. The van der Waals surface area contributed by atoms with Gasteiger partial charge in [0.15, 0.2) is 0 Å². The Morgan fingerprint density at radius 1 is 1.25 bits per heavy atom. The second kappa shape index (κ2) is 5.74. The molecule has 0 saturated carbocycles. The average molecular weight is 215 g/mol. The smallest absolute Gasteiger partial charge is 0.0416 e. The van der Waals surface area contributed by atoms with Gasteiger partial charge in [0.25, 0.3) is 0 Å². The van der Waals surface area contributed by atoms with Crippen molar-refractivity contribution in [2.24, 2.45) is 0 Å². The molecule has 1 aromatic rings. The van der Waals surface area contributed by atoms with Gasteiger partial charge in [0, 0.05) is 17.8 Å². The first kappa shape index (κ1) is 11.3. The van der Waals surface area contributed by atoms with Crippen LogP contribution in [-0.4, -0.2) is 6.54 Å². The van der Waals surface area contributed by atoms with E-state index >= 15 is 0 Å². The second-order valence-electron chi connectivity index (χ2n) is 4.45. The number of nitrogens with one attached hydrogen (secondary N) is 1. The molecule has 0 aliphatic heterocycles. The Kier molecular flexibility index (Phi) is 4.03. The lowest BCUT2D eigenvalue weighted by molar-refractivity contribution is 0.743. The van der Waals surface area contributed by atoms with E-state index in [0.29, 0.717) is 0 Å². The van der Waals surface area contributed by atoms with Gasteiger partial charge in [-0.2, -0.15) is 0 Å². The lowest BCUT2D eigenvalue weighted by atomic mass is 9.96. The summed E-state index contributed by atoms with van der Waals surface area (Å²) in [6.45, 7) is 3.34. The van der Waals surface area contributed by atoms with Gasteiger partial charge in [-0.25, -0.2) is 0 Å². The number of rotatable bonds is 5. The largest absolute Gasteiger partial charge is 0.385 e. The van der Waals surface area contributed by atoms with Crippen LogP contribution in [0.4, 0.5) is 5.69 Å². The fourth-order valence-electron chi connectivity index (χ4n) is 2.22. The van der Waals surface area contributed by atoms with Crippen LogP contribution >= 0.6 is 0 Å². The molecule has 0 heterocycles. The van der Waals surface area contributed by atoms with Crippen molar-refractivity contribution in [2.75, 3.05) is 11.9 Å². The van der Waals surface area contributed by atoms with Crippen molar-refractivity contribution >= 4 is 11.8 Å². The van der Waals surface area contributed by atoms with E-state index in [4.69, 9.17) is 0 Å². The topological polar surface area (TPSA) is 12.0 Å². The summed E-state index contributed by atoms with van der Waals surface area (Å²) in [5.41, 5.74) is 4.21. The molecule has 1 nitrogen and oxygen atoms in total. The summed E-state index contributed by atoms with van der Waals surface area (Å²) in [5.74, 6) is 0. The first-order chi connectivity index (χ1) is 7.92. The molecule has 0 amide bonds. The Labute approximate surface area is 98.6 Å². The van der Waals surface area contributed by atoms with Gasteiger partial charge in [0.2, 0.25) is 0 Å². The number of aryl methyl sites for hydroxylation is 1. The van der Waals surface area contributed by atoms with E-state index in [1.165, 1.54) is 48.9 Å². The van der Waals surface area contributed by atoms with Gasteiger partial charge in [-0.3, -0.25) is 0 Å². The third kappa shape index (κ3) is 2.66. The van der Waals surface area contributed by atoms with Crippen LogP contribution in [0.3, 0.4) is 0 Å². The van der Waals surface area contributed by atoms with E-state index in [2.05, 4.69) is 42.6 Å².